The van der Waals surface area contributed by atoms with Crippen LogP contribution >= 0.6 is 27.5 Å². The van der Waals surface area contributed by atoms with E-state index >= 15 is 0 Å². The van der Waals surface area contributed by atoms with Gasteiger partial charge in [-0.1, -0.05) is 11.6 Å². The third kappa shape index (κ3) is 2.40. The van der Waals surface area contributed by atoms with E-state index in [0.29, 0.717) is 6.04 Å². The standard InChI is InChI=1S/C14H18BrClN2/c1-18-11-3-4-12(18)8-10(7-11)17-14-5-2-9(16)6-13(14)15/h2,5-6,10-12,17H,3-4,7-8H2,1H3. The number of fused-ring (bicyclic) bond motifs is 2. The van der Waals surface area contributed by atoms with Gasteiger partial charge in [-0.3, -0.25) is 0 Å². The van der Waals surface area contributed by atoms with Gasteiger partial charge in [-0.05, 0) is 66.9 Å². The number of hydrogen-bond acceptors (Lipinski definition) is 2. The van der Waals surface area contributed by atoms with Crippen molar-refractivity contribution >= 4 is 33.2 Å². The van der Waals surface area contributed by atoms with Crippen LogP contribution in [-0.4, -0.2) is 30.1 Å². The van der Waals surface area contributed by atoms with Crippen molar-refractivity contribution in [1.29, 1.82) is 0 Å². The van der Waals surface area contributed by atoms with Gasteiger partial charge in [0.1, 0.15) is 0 Å². The normalized spacial score (nSPS) is 31.6. The van der Waals surface area contributed by atoms with Crippen molar-refractivity contribution in [3.8, 4) is 0 Å². The molecule has 2 fully saturated rings. The fourth-order valence-corrected chi connectivity index (χ4v) is 4.15. The molecular formula is C14H18BrClN2. The molecule has 1 N–H and O–H groups in total. The lowest BCUT2D eigenvalue weighted by Gasteiger charge is -2.37. The van der Waals surface area contributed by atoms with Crippen molar-refractivity contribution in [2.45, 2.75) is 43.8 Å². The quantitative estimate of drug-likeness (QED) is 0.877. The summed E-state index contributed by atoms with van der Waals surface area (Å²) < 4.78 is 1.06. The van der Waals surface area contributed by atoms with E-state index in [1.165, 1.54) is 25.7 Å². The summed E-state index contributed by atoms with van der Waals surface area (Å²) in [6.07, 6.45) is 5.23. The second-order valence-electron chi connectivity index (χ2n) is 5.49. The molecule has 1 aromatic rings. The van der Waals surface area contributed by atoms with Crippen LogP contribution in [0.3, 0.4) is 0 Å². The highest BCUT2D eigenvalue weighted by atomic mass is 79.9. The first-order valence-electron chi connectivity index (χ1n) is 6.57. The first-order chi connectivity index (χ1) is 8.63. The molecule has 2 nitrogen and oxygen atoms in total. The Morgan fingerprint density at radius 2 is 1.94 bits per heavy atom. The molecule has 3 rings (SSSR count). The Hall–Kier alpha value is -0.250. The topological polar surface area (TPSA) is 15.3 Å². The smallest absolute Gasteiger partial charge is 0.0487 e. The Balaban J connectivity index is 1.70. The largest absolute Gasteiger partial charge is 0.381 e. The second-order valence-corrected chi connectivity index (χ2v) is 6.78. The minimum absolute atomic E-state index is 0.594. The zero-order chi connectivity index (χ0) is 12.7. The first kappa shape index (κ1) is 12.8. The van der Waals surface area contributed by atoms with Crippen molar-refractivity contribution < 1.29 is 0 Å². The van der Waals surface area contributed by atoms with Gasteiger partial charge in [-0.2, -0.15) is 0 Å². The van der Waals surface area contributed by atoms with Crippen molar-refractivity contribution in [3.63, 3.8) is 0 Å². The summed E-state index contributed by atoms with van der Waals surface area (Å²) in [5.41, 5.74) is 1.16. The molecule has 2 aliphatic heterocycles. The Bertz CT molecular complexity index is 437. The van der Waals surface area contributed by atoms with Crippen LogP contribution in [0.1, 0.15) is 25.7 Å². The molecular weight excluding hydrogens is 312 g/mol. The van der Waals surface area contributed by atoms with E-state index in [-0.39, 0.29) is 0 Å². The molecule has 4 heteroatoms. The lowest BCUT2D eigenvalue weighted by Crippen LogP contribution is -2.44. The van der Waals surface area contributed by atoms with Crippen LogP contribution in [-0.2, 0) is 0 Å². The van der Waals surface area contributed by atoms with Crippen LogP contribution in [0, 0.1) is 0 Å². The maximum Gasteiger partial charge on any atom is 0.0487 e. The molecule has 0 aliphatic carbocycles. The Morgan fingerprint density at radius 1 is 1.28 bits per heavy atom. The molecule has 98 valence electrons. The van der Waals surface area contributed by atoms with E-state index in [1.807, 2.05) is 12.1 Å². The number of piperidine rings is 1. The molecule has 18 heavy (non-hydrogen) atoms. The summed E-state index contributed by atoms with van der Waals surface area (Å²) in [6.45, 7) is 0. The van der Waals surface area contributed by atoms with Crippen molar-refractivity contribution in [3.05, 3.63) is 27.7 Å². The highest BCUT2D eigenvalue weighted by molar-refractivity contribution is 9.10. The van der Waals surface area contributed by atoms with Crippen molar-refractivity contribution in [1.82, 2.24) is 4.90 Å². The van der Waals surface area contributed by atoms with Gasteiger partial charge in [0.05, 0.1) is 0 Å². The van der Waals surface area contributed by atoms with Gasteiger partial charge >= 0.3 is 0 Å². The lowest BCUT2D eigenvalue weighted by molar-refractivity contribution is 0.169. The monoisotopic (exact) mass is 328 g/mol. The Labute approximate surface area is 122 Å². The summed E-state index contributed by atoms with van der Waals surface area (Å²) in [5.74, 6) is 0. The fraction of sp³-hybridized carbons (Fsp3) is 0.571. The van der Waals surface area contributed by atoms with Crippen LogP contribution in [0.4, 0.5) is 5.69 Å². The van der Waals surface area contributed by atoms with Crippen LogP contribution in [0.2, 0.25) is 5.02 Å². The van der Waals surface area contributed by atoms with Gasteiger partial charge in [-0.15, -0.1) is 0 Å². The molecule has 0 saturated carbocycles. The van der Waals surface area contributed by atoms with Crippen LogP contribution in [0.25, 0.3) is 0 Å². The molecule has 2 unspecified atom stereocenters. The lowest BCUT2D eigenvalue weighted by atomic mass is 9.98. The number of benzene rings is 1. The maximum atomic E-state index is 5.97. The molecule has 2 aliphatic rings. The van der Waals surface area contributed by atoms with Crippen molar-refractivity contribution in [2.75, 3.05) is 12.4 Å². The minimum Gasteiger partial charge on any atom is -0.381 e. The summed E-state index contributed by atoms with van der Waals surface area (Å²) in [6, 6.07) is 8.09. The van der Waals surface area contributed by atoms with Gasteiger partial charge in [0, 0.05) is 33.3 Å². The number of nitrogens with one attached hydrogen (secondary N) is 1. The minimum atomic E-state index is 0.594. The first-order valence-corrected chi connectivity index (χ1v) is 7.74. The van der Waals surface area contributed by atoms with E-state index in [2.05, 4.69) is 39.3 Å². The third-order valence-electron chi connectivity index (χ3n) is 4.39. The van der Waals surface area contributed by atoms with Crippen LogP contribution in [0.15, 0.2) is 22.7 Å². The third-order valence-corrected chi connectivity index (χ3v) is 5.28. The summed E-state index contributed by atoms with van der Waals surface area (Å²) in [5, 5.41) is 4.44. The molecule has 2 heterocycles. The zero-order valence-electron chi connectivity index (χ0n) is 10.5. The highest BCUT2D eigenvalue weighted by Crippen LogP contribution is 2.36. The molecule has 2 saturated heterocycles. The highest BCUT2D eigenvalue weighted by Gasteiger charge is 2.38. The number of halogens is 2. The molecule has 1 aromatic carbocycles. The summed E-state index contributed by atoms with van der Waals surface area (Å²) in [7, 11) is 2.27. The number of anilines is 1. The van der Waals surface area contributed by atoms with Gasteiger partial charge < -0.3 is 10.2 Å². The van der Waals surface area contributed by atoms with E-state index in [0.717, 1.165) is 27.3 Å². The van der Waals surface area contributed by atoms with Crippen LogP contribution < -0.4 is 5.32 Å². The molecule has 0 radical (unpaired) electrons. The van der Waals surface area contributed by atoms with E-state index in [1.54, 1.807) is 0 Å². The molecule has 2 atom stereocenters. The fourth-order valence-electron chi connectivity index (χ4n) is 3.36. The summed E-state index contributed by atoms with van der Waals surface area (Å²) >= 11 is 9.54. The van der Waals surface area contributed by atoms with E-state index in [9.17, 15) is 0 Å². The number of nitrogens with zero attached hydrogens (tertiary/aromatic N) is 1. The summed E-state index contributed by atoms with van der Waals surface area (Å²) in [4.78, 5) is 2.56. The predicted molar refractivity (Wildman–Crippen MR) is 80.4 cm³/mol. The Morgan fingerprint density at radius 3 is 2.56 bits per heavy atom. The SMILES string of the molecule is CN1C2CCC1CC(Nc1ccc(Cl)cc1Br)C2. The number of rotatable bonds is 2. The average Bonchev–Trinajstić information content (AvgIpc) is 2.57. The van der Waals surface area contributed by atoms with E-state index in [4.69, 9.17) is 11.6 Å². The Kier molecular flexibility index (Phi) is 3.57. The predicted octanol–water partition coefficient (Wildman–Crippen LogP) is 4.14. The molecule has 0 amide bonds. The van der Waals surface area contributed by atoms with Gasteiger partial charge in [0.15, 0.2) is 0 Å². The molecule has 0 aromatic heterocycles. The molecule has 2 bridgehead atoms. The van der Waals surface area contributed by atoms with Gasteiger partial charge in [0.2, 0.25) is 0 Å². The average molecular weight is 330 g/mol. The van der Waals surface area contributed by atoms with Gasteiger partial charge in [0.25, 0.3) is 0 Å². The molecule has 0 spiro atoms. The second kappa shape index (κ2) is 5.03. The zero-order valence-corrected chi connectivity index (χ0v) is 12.8. The van der Waals surface area contributed by atoms with E-state index < -0.39 is 0 Å². The van der Waals surface area contributed by atoms with Gasteiger partial charge in [-0.25, -0.2) is 0 Å². The van der Waals surface area contributed by atoms with Crippen molar-refractivity contribution in [2.24, 2.45) is 0 Å². The number of hydrogen-bond donors (Lipinski definition) is 1. The van der Waals surface area contributed by atoms with Crippen LogP contribution in [0.5, 0.6) is 0 Å². The maximum absolute atomic E-state index is 5.97.